The predicted octanol–water partition coefficient (Wildman–Crippen LogP) is 4.71. The number of nitrogens with zero attached hydrogens (tertiary/aromatic N) is 1. The molecule has 6 heteroatoms. The number of anilines is 1. The molecule has 158 valence electrons. The van der Waals surface area contributed by atoms with Crippen LogP contribution in [0.25, 0.3) is 5.57 Å². The highest BCUT2D eigenvalue weighted by Crippen LogP contribution is 2.32. The quantitative estimate of drug-likeness (QED) is 0.539. The molecule has 0 aliphatic carbocycles. The zero-order valence-corrected chi connectivity index (χ0v) is 17.5. The topological polar surface area (TPSA) is 71.8 Å². The Kier molecular flexibility index (Phi) is 5.89. The SMILES string of the molecule is CC(C)COc1ccc(C2=C(Nc3ccccc3)C(=O)N(Cc3ccco3)C2=O)cc1. The molecule has 1 aliphatic heterocycles. The molecule has 31 heavy (non-hydrogen) atoms. The number of hydrogen-bond acceptors (Lipinski definition) is 5. The maximum atomic E-state index is 13.3. The lowest BCUT2D eigenvalue weighted by Crippen LogP contribution is -2.31. The molecule has 0 fully saturated rings. The summed E-state index contributed by atoms with van der Waals surface area (Å²) in [5.74, 6) is 0.920. The number of rotatable bonds is 8. The van der Waals surface area contributed by atoms with E-state index in [4.69, 9.17) is 9.15 Å². The Morgan fingerprint density at radius 1 is 0.935 bits per heavy atom. The van der Waals surface area contributed by atoms with Crippen molar-refractivity contribution >= 4 is 23.1 Å². The lowest BCUT2D eigenvalue weighted by atomic mass is 10.0. The number of carbonyl (C=O) groups excluding carboxylic acids is 2. The van der Waals surface area contributed by atoms with Crippen molar-refractivity contribution in [2.24, 2.45) is 5.92 Å². The van der Waals surface area contributed by atoms with Crippen LogP contribution >= 0.6 is 0 Å². The number of amides is 2. The molecule has 2 aromatic carbocycles. The average Bonchev–Trinajstić information content (AvgIpc) is 3.37. The first-order valence-electron chi connectivity index (χ1n) is 10.2. The smallest absolute Gasteiger partial charge is 0.278 e. The maximum Gasteiger partial charge on any atom is 0.278 e. The first-order chi connectivity index (χ1) is 15.0. The Balaban J connectivity index is 1.67. The molecule has 2 amide bonds. The van der Waals surface area contributed by atoms with Gasteiger partial charge >= 0.3 is 0 Å². The Morgan fingerprint density at radius 3 is 2.32 bits per heavy atom. The zero-order valence-electron chi connectivity index (χ0n) is 17.5. The van der Waals surface area contributed by atoms with Crippen LogP contribution in [-0.2, 0) is 16.1 Å². The minimum Gasteiger partial charge on any atom is -0.493 e. The molecule has 1 aliphatic rings. The second-order valence-corrected chi connectivity index (χ2v) is 7.75. The van der Waals surface area contributed by atoms with Gasteiger partial charge in [-0.3, -0.25) is 14.5 Å². The van der Waals surface area contributed by atoms with Crippen LogP contribution in [-0.4, -0.2) is 23.3 Å². The summed E-state index contributed by atoms with van der Waals surface area (Å²) in [5.41, 5.74) is 1.96. The van der Waals surface area contributed by atoms with E-state index in [1.54, 1.807) is 24.3 Å². The highest BCUT2D eigenvalue weighted by molar-refractivity contribution is 6.36. The van der Waals surface area contributed by atoms with E-state index in [0.29, 0.717) is 29.4 Å². The summed E-state index contributed by atoms with van der Waals surface area (Å²) in [6, 6.07) is 20.0. The molecule has 0 bridgehead atoms. The van der Waals surface area contributed by atoms with Crippen LogP contribution in [0, 0.1) is 5.92 Å². The van der Waals surface area contributed by atoms with Crippen molar-refractivity contribution in [3.63, 3.8) is 0 Å². The third kappa shape index (κ3) is 4.53. The second kappa shape index (κ2) is 8.92. The van der Waals surface area contributed by atoms with Crippen LogP contribution in [0.1, 0.15) is 25.2 Å². The van der Waals surface area contributed by atoms with Gasteiger partial charge in [0.05, 0.1) is 25.0 Å². The number of para-hydroxylation sites is 1. The maximum absolute atomic E-state index is 13.3. The highest BCUT2D eigenvalue weighted by atomic mass is 16.5. The first-order valence-corrected chi connectivity index (χ1v) is 10.2. The van der Waals surface area contributed by atoms with E-state index in [2.05, 4.69) is 19.2 Å². The minimum atomic E-state index is -0.389. The Hall–Kier alpha value is -3.80. The molecule has 0 atom stereocenters. The number of nitrogens with one attached hydrogen (secondary N) is 1. The molecule has 4 rings (SSSR count). The van der Waals surface area contributed by atoms with Crippen molar-refractivity contribution in [3.8, 4) is 5.75 Å². The molecular weight excluding hydrogens is 392 g/mol. The standard InChI is InChI=1S/C25H24N2O4/c1-17(2)16-31-20-12-10-18(11-13-20)22-23(26-19-7-4-3-5-8-19)25(29)27(24(22)28)15-21-9-6-14-30-21/h3-14,17,26H,15-16H2,1-2H3. The lowest BCUT2D eigenvalue weighted by molar-refractivity contribution is -0.137. The van der Waals surface area contributed by atoms with Crippen molar-refractivity contribution in [3.05, 3.63) is 90.0 Å². The predicted molar refractivity (Wildman–Crippen MR) is 118 cm³/mol. The average molecular weight is 416 g/mol. The lowest BCUT2D eigenvalue weighted by Gasteiger charge is -2.13. The summed E-state index contributed by atoms with van der Waals surface area (Å²) in [6.45, 7) is 4.84. The molecule has 0 saturated carbocycles. The van der Waals surface area contributed by atoms with Gasteiger partial charge in [0.1, 0.15) is 17.2 Å². The van der Waals surface area contributed by atoms with Gasteiger partial charge in [-0.1, -0.05) is 44.2 Å². The van der Waals surface area contributed by atoms with Crippen LogP contribution in [0.4, 0.5) is 5.69 Å². The normalized spacial score (nSPS) is 14.0. The molecule has 0 spiro atoms. The Morgan fingerprint density at radius 2 is 1.68 bits per heavy atom. The number of hydrogen-bond donors (Lipinski definition) is 1. The minimum absolute atomic E-state index is 0.0731. The zero-order chi connectivity index (χ0) is 21.8. The molecule has 0 saturated heterocycles. The van der Waals surface area contributed by atoms with E-state index in [-0.39, 0.29) is 24.1 Å². The van der Waals surface area contributed by atoms with E-state index in [1.807, 2.05) is 42.5 Å². The van der Waals surface area contributed by atoms with Crippen molar-refractivity contribution in [1.29, 1.82) is 0 Å². The highest BCUT2D eigenvalue weighted by Gasteiger charge is 2.39. The molecule has 3 aromatic rings. The fraction of sp³-hybridized carbons (Fsp3) is 0.200. The van der Waals surface area contributed by atoms with E-state index in [9.17, 15) is 9.59 Å². The molecular formula is C25H24N2O4. The Bertz CT molecular complexity index is 1080. The van der Waals surface area contributed by atoms with Gasteiger partial charge in [0.15, 0.2) is 0 Å². The van der Waals surface area contributed by atoms with Gasteiger partial charge < -0.3 is 14.5 Å². The van der Waals surface area contributed by atoms with Gasteiger partial charge in [0.2, 0.25) is 0 Å². The summed E-state index contributed by atoms with van der Waals surface area (Å²) in [4.78, 5) is 27.7. The largest absolute Gasteiger partial charge is 0.493 e. The first kappa shape index (κ1) is 20.5. The van der Waals surface area contributed by atoms with Crippen molar-refractivity contribution < 1.29 is 18.7 Å². The van der Waals surface area contributed by atoms with Crippen LogP contribution in [0.3, 0.4) is 0 Å². The van der Waals surface area contributed by atoms with E-state index < -0.39 is 0 Å². The van der Waals surface area contributed by atoms with Crippen molar-refractivity contribution in [2.45, 2.75) is 20.4 Å². The van der Waals surface area contributed by atoms with Gasteiger partial charge in [-0.25, -0.2) is 0 Å². The molecule has 2 heterocycles. The third-order valence-corrected chi connectivity index (χ3v) is 4.83. The Labute approximate surface area is 181 Å². The van der Waals surface area contributed by atoms with Gasteiger partial charge in [-0.15, -0.1) is 0 Å². The van der Waals surface area contributed by atoms with Crippen LogP contribution in [0.5, 0.6) is 5.75 Å². The van der Waals surface area contributed by atoms with Gasteiger partial charge in [0, 0.05) is 5.69 Å². The summed E-state index contributed by atoms with van der Waals surface area (Å²) < 4.78 is 11.1. The molecule has 1 N–H and O–H groups in total. The van der Waals surface area contributed by atoms with Crippen LogP contribution in [0.2, 0.25) is 0 Å². The number of benzene rings is 2. The summed E-state index contributed by atoms with van der Waals surface area (Å²) in [5, 5.41) is 3.14. The monoisotopic (exact) mass is 416 g/mol. The molecule has 6 nitrogen and oxygen atoms in total. The molecule has 1 aromatic heterocycles. The van der Waals surface area contributed by atoms with E-state index in [0.717, 1.165) is 11.4 Å². The second-order valence-electron chi connectivity index (χ2n) is 7.75. The van der Waals surface area contributed by atoms with Crippen LogP contribution < -0.4 is 10.1 Å². The third-order valence-electron chi connectivity index (χ3n) is 4.83. The summed E-state index contributed by atoms with van der Waals surface area (Å²) >= 11 is 0. The van der Waals surface area contributed by atoms with Gasteiger partial charge in [-0.2, -0.15) is 0 Å². The van der Waals surface area contributed by atoms with Gasteiger partial charge in [-0.05, 0) is 47.9 Å². The number of ether oxygens (including phenoxy) is 1. The summed E-state index contributed by atoms with van der Waals surface area (Å²) in [7, 11) is 0. The number of carbonyl (C=O) groups is 2. The van der Waals surface area contributed by atoms with Crippen LogP contribution in [0.15, 0.2) is 83.1 Å². The fourth-order valence-electron chi connectivity index (χ4n) is 3.31. The van der Waals surface area contributed by atoms with E-state index in [1.165, 1.54) is 11.2 Å². The van der Waals surface area contributed by atoms with Gasteiger partial charge in [0.25, 0.3) is 11.8 Å². The van der Waals surface area contributed by atoms with E-state index >= 15 is 0 Å². The number of furan rings is 1. The summed E-state index contributed by atoms with van der Waals surface area (Å²) in [6.07, 6.45) is 1.52. The molecule has 0 unspecified atom stereocenters. The van der Waals surface area contributed by atoms with Crippen molar-refractivity contribution in [1.82, 2.24) is 4.90 Å². The van der Waals surface area contributed by atoms with Crippen molar-refractivity contribution in [2.75, 3.05) is 11.9 Å². The fourth-order valence-corrected chi connectivity index (χ4v) is 3.31. The molecule has 0 radical (unpaired) electrons. The number of imide groups is 1.